The average molecular weight is 389 g/mol. The van der Waals surface area contributed by atoms with E-state index in [1.54, 1.807) is 0 Å². The summed E-state index contributed by atoms with van der Waals surface area (Å²) in [6, 6.07) is 3.80. The Morgan fingerprint density at radius 1 is 1.18 bits per heavy atom. The Bertz CT molecular complexity index is 740. The zero-order chi connectivity index (χ0) is 19.9. The Hall–Kier alpha value is -1.86. The first-order valence-electron chi connectivity index (χ1n) is 10.3. The number of ether oxygens (including phenoxy) is 1. The summed E-state index contributed by atoms with van der Waals surface area (Å²) in [6.07, 6.45) is 3.57. The molecule has 1 aromatic heterocycles. The number of aryl methyl sites for hydroxylation is 1. The molecule has 4 rings (SSSR count). The average Bonchev–Trinajstić information content (AvgIpc) is 3.32. The van der Waals surface area contributed by atoms with Gasteiger partial charge in [0.05, 0.1) is 0 Å². The normalized spacial score (nSPS) is 28.2. The maximum Gasteiger partial charge on any atom is 0.270 e. The van der Waals surface area contributed by atoms with E-state index in [1.807, 2.05) is 34.8 Å². The molecular formula is C21H32N4O3. The molecule has 2 atom stereocenters. The number of hydrogen-bond acceptors (Lipinski definition) is 4. The van der Waals surface area contributed by atoms with Crippen molar-refractivity contribution in [1.82, 2.24) is 19.3 Å². The van der Waals surface area contributed by atoms with E-state index in [4.69, 9.17) is 4.74 Å². The Labute approximate surface area is 167 Å². The largest absolute Gasteiger partial charge is 0.381 e. The summed E-state index contributed by atoms with van der Waals surface area (Å²) in [5.74, 6) is 0.825. The molecule has 7 nitrogen and oxygen atoms in total. The van der Waals surface area contributed by atoms with Crippen LogP contribution >= 0.6 is 0 Å². The Morgan fingerprint density at radius 3 is 2.50 bits per heavy atom. The molecule has 2 amide bonds. The van der Waals surface area contributed by atoms with Crippen LogP contribution in [0.25, 0.3) is 0 Å². The van der Waals surface area contributed by atoms with Gasteiger partial charge in [-0.3, -0.25) is 9.59 Å². The summed E-state index contributed by atoms with van der Waals surface area (Å²) in [7, 11) is 6.07. The smallest absolute Gasteiger partial charge is 0.270 e. The molecule has 3 fully saturated rings. The number of aromatic nitrogens is 1. The summed E-state index contributed by atoms with van der Waals surface area (Å²) in [5, 5.41) is 0. The Morgan fingerprint density at radius 2 is 1.86 bits per heavy atom. The number of hydrogen-bond donors (Lipinski definition) is 0. The van der Waals surface area contributed by atoms with Gasteiger partial charge in [0.15, 0.2) is 0 Å². The number of amides is 2. The minimum absolute atomic E-state index is 0.0366. The minimum Gasteiger partial charge on any atom is -0.381 e. The zero-order valence-corrected chi connectivity index (χ0v) is 17.3. The van der Waals surface area contributed by atoms with Crippen LogP contribution in [-0.4, -0.2) is 91.1 Å². The molecule has 3 aliphatic heterocycles. The molecule has 154 valence electrons. The summed E-state index contributed by atoms with van der Waals surface area (Å²) < 4.78 is 7.31. The van der Waals surface area contributed by atoms with E-state index < -0.39 is 0 Å². The zero-order valence-electron chi connectivity index (χ0n) is 17.3. The molecule has 3 saturated heterocycles. The summed E-state index contributed by atoms with van der Waals surface area (Å²) in [5.41, 5.74) is 0.695. The van der Waals surface area contributed by atoms with Gasteiger partial charge in [-0.25, -0.2) is 0 Å². The molecule has 0 saturated carbocycles. The third-order valence-electron chi connectivity index (χ3n) is 6.72. The number of carbonyl (C=O) groups is 2. The molecule has 0 bridgehead atoms. The number of fused-ring (bicyclic) bond motifs is 1. The Kier molecular flexibility index (Phi) is 5.22. The van der Waals surface area contributed by atoms with Gasteiger partial charge in [-0.2, -0.15) is 0 Å². The minimum atomic E-state index is -0.0366. The molecule has 7 heteroatoms. The van der Waals surface area contributed by atoms with Crippen LogP contribution in [0.15, 0.2) is 18.3 Å². The summed E-state index contributed by atoms with van der Waals surface area (Å²) in [4.78, 5) is 32.4. The van der Waals surface area contributed by atoms with Crippen molar-refractivity contribution in [3.63, 3.8) is 0 Å². The van der Waals surface area contributed by atoms with Crippen molar-refractivity contribution in [2.45, 2.75) is 12.8 Å². The summed E-state index contributed by atoms with van der Waals surface area (Å²) in [6.45, 7) is 5.24. The predicted molar refractivity (Wildman–Crippen MR) is 106 cm³/mol. The standard InChI is InChI=1S/C21H32N4O3/c1-22(2)13-21-14-24(19(26)16-6-9-28-10-7-16)11-17(21)12-25(15-21)20(27)18-5-4-8-23(18)3/h4-5,8,16-17H,6-7,9-15H2,1-3H3/t17-,21+/m1/s1. The lowest BCUT2D eigenvalue weighted by molar-refractivity contribution is -0.138. The lowest BCUT2D eigenvalue weighted by Crippen LogP contribution is -2.45. The first-order chi connectivity index (χ1) is 13.4. The second-order valence-electron chi connectivity index (χ2n) is 9.09. The van der Waals surface area contributed by atoms with Gasteiger partial charge in [0, 0.05) is 76.4 Å². The van der Waals surface area contributed by atoms with Crippen LogP contribution in [-0.2, 0) is 16.6 Å². The lowest BCUT2D eigenvalue weighted by atomic mass is 9.80. The number of rotatable bonds is 4. The molecule has 28 heavy (non-hydrogen) atoms. The van der Waals surface area contributed by atoms with Gasteiger partial charge in [-0.15, -0.1) is 0 Å². The van der Waals surface area contributed by atoms with Gasteiger partial charge < -0.3 is 24.0 Å². The molecule has 0 aromatic carbocycles. The van der Waals surface area contributed by atoms with Crippen LogP contribution in [0.4, 0.5) is 0 Å². The second kappa shape index (κ2) is 7.52. The topological polar surface area (TPSA) is 58.0 Å². The van der Waals surface area contributed by atoms with Crippen LogP contribution < -0.4 is 0 Å². The van der Waals surface area contributed by atoms with Crippen molar-refractivity contribution < 1.29 is 14.3 Å². The quantitative estimate of drug-likeness (QED) is 0.770. The van der Waals surface area contributed by atoms with Gasteiger partial charge in [0.25, 0.3) is 5.91 Å². The fourth-order valence-electron chi connectivity index (χ4n) is 5.40. The fourth-order valence-corrected chi connectivity index (χ4v) is 5.40. The van der Waals surface area contributed by atoms with Crippen LogP contribution in [0.2, 0.25) is 0 Å². The lowest BCUT2D eigenvalue weighted by Gasteiger charge is -2.33. The van der Waals surface area contributed by atoms with E-state index in [9.17, 15) is 9.59 Å². The van der Waals surface area contributed by atoms with E-state index in [0.29, 0.717) is 19.1 Å². The highest BCUT2D eigenvalue weighted by atomic mass is 16.5. The number of carbonyl (C=O) groups excluding carboxylic acids is 2. The number of nitrogens with zero attached hydrogens (tertiary/aromatic N) is 4. The predicted octanol–water partition coefficient (Wildman–Crippen LogP) is 0.914. The second-order valence-corrected chi connectivity index (χ2v) is 9.09. The highest BCUT2D eigenvalue weighted by Gasteiger charge is 2.55. The SMILES string of the molecule is CN(C)C[C@]12CN(C(=O)c3cccn3C)C[C@H]1CN(C(=O)C1CCOCC1)C2. The van der Waals surface area contributed by atoms with Gasteiger partial charge in [0.1, 0.15) is 5.69 Å². The fraction of sp³-hybridized carbons (Fsp3) is 0.714. The molecule has 0 radical (unpaired) electrons. The van der Waals surface area contributed by atoms with E-state index in [2.05, 4.69) is 23.9 Å². The number of likely N-dealkylation sites (tertiary alicyclic amines) is 2. The van der Waals surface area contributed by atoms with Crippen molar-refractivity contribution in [1.29, 1.82) is 0 Å². The van der Waals surface area contributed by atoms with E-state index >= 15 is 0 Å². The maximum atomic E-state index is 13.1. The van der Waals surface area contributed by atoms with Crippen LogP contribution in [0.5, 0.6) is 0 Å². The third-order valence-corrected chi connectivity index (χ3v) is 6.72. The molecule has 0 aliphatic carbocycles. The molecule has 3 aliphatic rings. The van der Waals surface area contributed by atoms with Crippen LogP contribution in [0.3, 0.4) is 0 Å². The maximum absolute atomic E-state index is 13.1. The van der Waals surface area contributed by atoms with Crippen molar-refractivity contribution >= 4 is 11.8 Å². The third kappa shape index (κ3) is 3.46. The van der Waals surface area contributed by atoms with Crippen molar-refractivity contribution in [3.8, 4) is 0 Å². The highest BCUT2D eigenvalue weighted by Crippen LogP contribution is 2.44. The molecular weight excluding hydrogens is 356 g/mol. The molecule has 4 heterocycles. The van der Waals surface area contributed by atoms with Crippen molar-refractivity contribution in [2.75, 3.05) is 60.0 Å². The van der Waals surface area contributed by atoms with Crippen LogP contribution in [0.1, 0.15) is 23.3 Å². The monoisotopic (exact) mass is 388 g/mol. The van der Waals surface area contributed by atoms with Gasteiger partial charge >= 0.3 is 0 Å². The van der Waals surface area contributed by atoms with E-state index in [-0.39, 0.29) is 23.1 Å². The molecule has 1 aromatic rings. The summed E-state index contributed by atoms with van der Waals surface area (Å²) >= 11 is 0. The molecule has 0 spiro atoms. The van der Waals surface area contributed by atoms with E-state index in [0.717, 1.165) is 51.3 Å². The van der Waals surface area contributed by atoms with Crippen molar-refractivity contribution in [2.24, 2.45) is 24.3 Å². The molecule has 0 N–H and O–H groups in total. The van der Waals surface area contributed by atoms with Crippen molar-refractivity contribution in [3.05, 3.63) is 24.0 Å². The Balaban J connectivity index is 1.50. The highest BCUT2D eigenvalue weighted by molar-refractivity contribution is 5.93. The van der Waals surface area contributed by atoms with E-state index in [1.165, 1.54) is 0 Å². The van der Waals surface area contributed by atoms with Gasteiger partial charge in [-0.05, 0) is 39.1 Å². The first kappa shape index (κ1) is 19.5. The molecule has 0 unspecified atom stereocenters. The first-order valence-corrected chi connectivity index (χ1v) is 10.3. The van der Waals surface area contributed by atoms with Gasteiger partial charge in [0.2, 0.25) is 5.91 Å². The van der Waals surface area contributed by atoms with Gasteiger partial charge in [-0.1, -0.05) is 0 Å². The van der Waals surface area contributed by atoms with Crippen LogP contribution in [0, 0.1) is 17.3 Å².